The van der Waals surface area contributed by atoms with Crippen molar-refractivity contribution >= 4 is 85.3 Å². The number of fused-ring (bicyclic) bond motifs is 21. The molecular weight excluding hydrogens is 1710 g/mol. The van der Waals surface area contributed by atoms with Crippen LogP contribution in [0.3, 0.4) is 0 Å². The van der Waals surface area contributed by atoms with Crippen LogP contribution in [0.15, 0.2) is 450 Å². The summed E-state index contributed by atoms with van der Waals surface area (Å²) in [5, 5.41) is 3.37. The number of aryl methyl sites for hydroxylation is 1. The predicted octanol–water partition coefficient (Wildman–Crippen LogP) is 29.9. The highest BCUT2D eigenvalue weighted by Gasteiger charge is 2.47. The zero-order chi connectivity index (χ0) is 92.0. The number of benzene rings is 16. The molecule has 6 aromatic heterocycles. The van der Waals surface area contributed by atoms with Gasteiger partial charge in [0.2, 0.25) is 0 Å². The number of para-hydroxylation sites is 6. The van der Waals surface area contributed by atoms with E-state index in [2.05, 4.69) is 319 Å². The molecular formula is C124H84N12O3. The lowest BCUT2D eigenvalue weighted by molar-refractivity contribution is 0.582. The minimum absolute atomic E-state index is 0.144. The molecule has 0 saturated carbocycles. The van der Waals surface area contributed by atoms with E-state index >= 15 is 0 Å². The van der Waals surface area contributed by atoms with Crippen LogP contribution in [0.1, 0.15) is 74.0 Å². The number of aromatic nitrogens is 9. The number of anilines is 6. The van der Waals surface area contributed by atoms with Crippen LogP contribution in [-0.2, 0) is 0 Å². The monoisotopic (exact) mass is 1790 g/mol. The molecule has 22 aromatic rings. The molecule has 15 nitrogen and oxygen atoms in total. The van der Waals surface area contributed by atoms with Crippen molar-refractivity contribution in [3.05, 3.63) is 493 Å². The molecule has 3 aliphatic heterocycles. The number of furan rings is 3. The molecule has 0 spiro atoms. The summed E-state index contributed by atoms with van der Waals surface area (Å²) < 4.78 is 19.9. The lowest BCUT2D eigenvalue weighted by atomic mass is 9.82. The summed E-state index contributed by atoms with van der Waals surface area (Å²) in [5.41, 5.74) is 29.1. The summed E-state index contributed by atoms with van der Waals surface area (Å²) in [5.74, 6) is 8.87. The molecule has 139 heavy (non-hydrogen) atoms. The third-order valence-electron chi connectivity index (χ3n) is 27.6. The molecule has 28 rings (SSSR count). The van der Waals surface area contributed by atoms with E-state index in [1.807, 2.05) is 158 Å². The standard InChI is InChI=1S/C45H30N4O.C40H28N4O.C39H26N4O/c1-4-12-29(13-5-1)30-20-22-32(23-21-30)44-46-43(31-14-6-2-7-15-31)47-45(48-44)33-24-25-36-40(28-33)50-39-27-26-38-41(42(36)39)35-18-10-11-19-37(35)49(38)34-16-8-3-9-17-34;1-25-29(40-42-38(26-13-5-2-6-14-26)41-39(43-40)27-15-7-3-8-16-27)21-22-31-36-34(45-37(25)31)24-23-33-35(36)30-19-11-12-20-32(30)44(33)28-17-9-4-10-18-28;1-4-12-25(13-5-1)37-40-38(26-14-6-2-7-15-26)42-39(41-37)27-20-21-30-34(24-27)44-33-23-22-32-35(36(30)33)29-18-10-11-19-31(29)43(32)28-16-8-3-9-17-28/h1-28,38,41H;2-24,33,35H,1H3;1-24,32,35H. The van der Waals surface area contributed by atoms with Gasteiger partial charge in [0.15, 0.2) is 52.4 Å². The van der Waals surface area contributed by atoms with E-state index in [1.165, 1.54) is 73.1 Å². The van der Waals surface area contributed by atoms with Gasteiger partial charge in [0.25, 0.3) is 0 Å². The Bertz CT molecular complexity index is 8440. The van der Waals surface area contributed by atoms with Gasteiger partial charge in [-0.05, 0) is 120 Å². The average molecular weight is 1790 g/mol. The van der Waals surface area contributed by atoms with Gasteiger partial charge in [0.05, 0.1) is 18.1 Å². The van der Waals surface area contributed by atoms with E-state index in [0.717, 1.165) is 111 Å². The van der Waals surface area contributed by atoms with E-state index in [-0.39, 0.29) is 35.9 Å². The second-order valence-corrected chi connectivity index (χ2v) is 35.6. The van der Waals surface area contributed by atoms with E-state index in [4.69, 9.17) is 58.1 Å². The minimum Gasteiger partial charge on any atom is -0.456 e. The van der Waals surface area contributed by atoms with Crippen molar-refractivity contribution in [2.45, 2.75) is 42.8 Å². The van der Waals surface area contributed by atoms with Crippen molar-refractivity contribution in [3.8, 4) is 114 Å². The molecule has 0 radical (unpaired) electrons. The molecule has 3 aliphatic carbocycles. The van der Waals surface area contributed by atoms with Gasteiger partial charge in [-0.15, -0.1) is 0 Å². The minimum atomic E-state index is 0.144. The summed E-state index contributed by atoms with van der Waals surface area (Å²) in [6.45, 7) is 2.11. The maximum absolute atomic E-state index is 6.70. The second-order valence-electron chi connectivity index (χ2n) is 35.6. The summed E-state index contributed by atoms with van der Waals surface area (Å²) in [4.78, 5) is 51.9. The van der Waals surface area contributed by atoms with Crippen molar-refractivity contribution in [3.63, 3.8) is 0 Å². The Hall–Kier alpha value is -18.2. The number of hydrogen-bond acceptors (Lipinski definition) is 15. The van der Waals surface area contributed by atoms with Gasteiger partial charge in [-0.3, -0.25) is 0 Å². The fourth-order valence-electron chi connectivity index (χ4n) is 21.3. The van der Waals surface area contributed by atoms with E-state index in [1.54, 1.807) is 0 Å². The maximum atomic E-state index is 6.70. The number of rotatable bonds is 13. The van der Waals surface area contributed by atoms with E-state index in [9.17, 15) is 0 Å². The van der Waals surface area contributed by atoms with Gasteiger partial charge in [0.1, 0.15) is 34.0 Å². The first kappa shape index (κ1) is 81.5. The number of nitrogens with zero attached hydrogens (tertiary/aromatic N) is 12. The first-order chi connectivity index (χ1) is 68.8. The Labute approximate surface area is 802 Å². The van der Waals surface area contributed by atoms with Crippen molar-refractivity contribution < 1.29 is 13.3 Å². The Balaban J connectivity index is 0.000000108. The topological polar surface area (TPSA) is 165 Å². The quantitative estimate of drug-likeness (QED) is 0.107. The highest BCUT2D eigenvalue weighted by molar-refractivity contribution is 5.98. The highest BCUT2D eigenvalue weighted by Crippen LogP contribution is 2.58. The van der Waals surface area contributed by atoms with Crippen LogP contribution in [0.5, 0.6) is 0 Å². The Morgan fingerprint density at radius 3 is 0.799 bits per heavy atom. The molecule has 0 bridgehead atoms. The molecule has 0 saturated heterocycles. The Morgan fingerprint density at radius 1 is 0.216 bits per heavy atom. The lowest BCUT2D eigenvalue weighted by Crippen LogP contribution is -2.30. The van der Waals surface area contributed by atoms with E-state index in [0.29, 0.717) is 52.4 Å². The van der Waals surface area contributed by atoms with Crippen LogP contribution in [0, 0.1) is 6.92 Å². The fourth-order valence-corrected chi connectivity index (χ4v) is 21.3. The first-order valence-electron chi connectivity index (χ1n) is 47.1. The fraction of sp³-hybridized carbons (Fsp3) is 0.0565. The average Bonchev–Trinajstić information content (AvgIpc) is 1.56. The second kappa shape index (κ2) is 34.4. The van der Waals surface area contributed by atoms with Gasteiger partial charge in [-0.2, -0.15) is 0 Å². The van der Waals surface area contributed by atoms with Gasteiger partial charge in [-0.1, -0.05) is 370 Å². The van der Waals surface area contributed by atoms with Crippen molar-refractivity contribution in [1.29, 1.82) is 0 Å². The molecule has 658 valence electrons. The number of hydrogen-bond donors (Lipinski definition) is 0. The molecule has 9 heterocycles. The van der Waals surface area contributed by atoms with Crippen molar-refractivity contribution in [1.82, 2.24) is 44.9 Å². The Kier molecular flexibility index (Phi) is 20.2. The van der Waals surface area contributed by atoms with Crippen molar-refractivity contribution in [2.24, 2.45) is 0 Å². The lowest BCUT2D eigenvalue weighted by Gasteiger charge is -2.30. The molecule has 6 aliphatic rings. The molecule has 0 amide bonds. The van der Waals surface area contributed by atoms with Crippen LogP contribution in [0.4, 0.5) is 34.1 Å². The zero-order valence-corrected chi connectivity index (χ0v) is 75.4. The van der Waals surface area contributed by atoms with E-state index < -0.39 is 0 Å². The predicted molar refractivity (Wildman–Crippen MR) is 557 cm³/mol. The maximum Gasteiger partial charge on any atom is 0.164 e. The molecule has 15 heteroatoms. The molecule has 16 aromatic carbocycles. The van der Waals surface area contributed by atoms with Crippen LogP contribution in [0.25, 0.3) is 165 Å². The smallest absolute Gasteiger partial charge is 0.164 e. The Morgan fingerprint density at radius 2 is 0.460 bits per heavy atom. The first-order valence-corrected chi connectivity index (χ1v) is 47.1. The summed E-state index contributed by atoms with van der Waals surface area (Å²) in [6.07, 6.45) is 13.3. The highest BCUT2D eigenvalue weighted by atomic mass is 16.3. The molecule has 0 N–H and O–H groups in total. The largest absolute Gasteiger partial charge is 0.456 e. The van der Waals surface area contributed by atoms with Gasteiger partial charge >= 0.3 is 0 Å². The van der Waals surface area contributed by atoms with Gasteiger partial charge < -0.3 is 28.0 Å². The zero-order valence-electron chi connectivity index (χ0n) is 75.4. The summed E-state index contributed by atoms with van der Waals surface area (Å²) in [6, 6.07) is 145. The van der Waals surface area contributed by atoms with Crippen LogP contribution in [0.2, 0.25) is 0 Å². The van der Waals surface area contributed by atoms with Crippen LogP contribution in [-0.4, -0.2) is 63.0 Å². The molecule has 6 unspecified atom stereocenters. The van der Waals surface area contributed by atoms with Crippen LogP contribution < -0.4 is 14.7 Å². The molecule has 6 atom stereocenters. The third kappa shape index (κ3) is 14.5. The van der Waals surface area contributed by atoms with Crippen molar-refractivity contribution in [2.75, 3.05) is 14.7 Å². The molecule has 0 fully saturated rings. The van der Waals surface area contributed by atoms with Crippen LogP contribution >= 0.6 is 0 Å². The normalized spacial score (nSPS) is 16.3. The van der Waals surface area contributed by atoms with Gasteiger partial charge in [-0.25, -0.2) is 44.9 Å². The SMILES string of the molecule is C1=CC2C(c3ccccc3N2c2ccccc2)c2c1oc1cc(-c3nc(-c4ccccc4)nc(-c4ccc(-c5ccccc5)cc4)n3)ccc21.C1=CC2C(c3ccccc3N2c2ccccc2)c2c1oc1cc(-c3nc(-c4ccccc4)nc(-c4ccccc4)n3)ccc21.Cc1c(-c2nc(-c3ccccc3)nc(-c3ccccc3)n2)ccc2c3c(oc12)C=CC1C3c2ccccc2N1c1ccccc1. The summed E-state index contributed by atoms with van der Waals surface area (Å²) >= 11 is 0. The third-order valence-corrected chi connectivity index (χ3v) is 27.6. The summed E-state index contributed by atoms with van der Waals surface area (Å²) in [7, 11) is 0. The van der Waals surface area contributed by atoms with Gasteiger partial charge in [0, 0.05) is 140 Å².